The molecule has 0 aliphatic carbocycles. The van der Waals surface area contributed by atoms with Crippen molar-refractivity contribution in [3.8, 4) is 0 Å². The molecule has 92 valence electrons. The molecular weight excluding hydrogens is 204 g/mol. The fourth-order valence-electron chi connectivity index (χ4n) is 2.64. The van der Waals surface area contributed by atoms with Crippen molar-refractivity contribution in [3.05, 3.63) is 0 Å². The molecule has 1 amide bonds. The van der Waals surface area contributed by atoms with Crippen LogP contribution in [0, 0.1) is 5.92 Å². The number of rotatable bonds is 1. The molecule has 2 saturated heterocycles. The summed E-state index contributed by atoms with van der Waals surface area (Å²) in [7, 11) is 0. The topological polar surface area (TPSA) is 41.6 Å². The third-order valence-corrected chi connectivity index (χ3v) is 3.62. The van der Waals surface area contributed by atoms with Crippen LogP contribution in [0.4, 0.5) is 0 Å². The molecule has 3 unspecified atom stereocenters. The smallest absolute Gasteiger partial charge is 0.253 e. The zero-order valence-corrected chi connectivity index (χ0v) is 10.2. The number of carbonyl (C=O) groups excluding carboxylic acids is 1. The van der Waals surface area contributed by atoms with Gasteiger partial charge >= 0.3 is 0 Å². The second-order valence-electron chi connectivity index (χ2n) is 5.07. The average molecular weight is 226 g/mol. The highest BCUT2D eigenvalue weighted by Crippen LogP contribution is 2.23. The zero-order chi connectivity index (χ0) is 11.5. The summed E-state index contributed by atoms with van der Waals surface area (Å²) in [5.41, 5.74) is 0. The highest BCUT2D eigenvalue weighted by atomic mass is 16.5. The predicted molar refractivity (Wildman–Crippen MR) is 62.2 cm³/mol. The summed E-state index contributed by atoms with van der Waals surface area (Å²) < 4.78 is 5.51. The minimum atomic E-state index is -0.260. The van der Waals surface area contributed by atoms with Crippen molar-refractivity contribution >= 4 is 5.91 Å². The Morgan fingerprint density at radius 1 is 1.44 bits per heavy atom. The summed E-state index contributed by atoms with van der Waals surface area (Å²) in [6.45, 7) is 7.46. The van der Waals surface area contributed by atoms with Crippen LogP contribution in [0.15, 0.2) is 0 Å². The van der Waals surface area contributed by atoms with Crippen molar-refractivity contribution in [2.75, 3.05) is 26.2 Å². The number of hydrogen-bond donors (Lipinski definition) is 1. The molecule has 0 radical (unpaired) electrons. The predicted octanol–water partition coefficient (Wildman–Crippen LogP) is 0.622. The second kappa shape index (κ2) is 5.15. The van der Waals surface area contributed by atoms with Gasteiger partial charge in [-0.3, -0.25) is 4.79 Å². The molecule has 2 aliphatic heterocycles. The van der Waals surface area contributed by atoms with Gasteiger partial charge in [-0.15, -0.1) is 0 Å². The summed E-state index contributed by atoms with van der Waals surface area (Å²) >= 11 is 0. The van der Waals surface area contributed by atoms with Crippen molar-refractivity contribution in [1.29, 1.82) is 0 Å². The van der Waals surface area contributed by atoms with E-state index in [4.69, 9.17) is 4.74 Å². The van der Waals surface area contributed by atoms with Gasteiger partial charge in [0, 0.05) is 25.7 Å². The van der Waals surface area contributed by atoms with E-state index < -0.39 is 0 Å². The highest BCUT2D eigenvalue weighted by Gasteiger charge is 2.32. The molecule has 0 spiro atoms. The Kier molecular flexibility index (Phi) is 3.82. The van der Waals surface area contributed by atoms with Crippen LogP contribution >= 0.6 is 0 Å². The first-order valence-corrected chi connectivity index (χ1v) is 6.31. The van der Waals surface area contributed by atoms with Crippen molar-refractivity contribution in [3.63, 3.8) is 0 Å². The van der Waals surface area contributed by atoms with Gasteiger partial charge in [-0.25, -0.2) is 0 Å². The lowest BCUT2D eigenvalue weighted by Gasteiger charge is -2.39. The van der Waals surface area contributed by atoms with Gasteiger partial charge in [-0.1, -0.05) is 6.92 Å². The summed E-state index contributed by atoms with van der Waals surface area (Å²) in [5.74, 6) is 0.913. The van der Waals surface area contributed by atoms with E-state index in [1.165, 1.54) is 0 Å². The molecule has 2 aliphatic rings. The number of morpholine rings is 1. The first kappa shape index (κ1) is 11.9. The molecule has 0 aromatic heterocycles. The van der Waals surface area contributed by atoms with Gasteiger partial charge in [0.1, 0.15) is 6.10 Å². The maximum atomic E-state index is 12.2. The fourth-order valence-corrected chi connectivity index (χ4v) is 2.64. The number of amides is 1. The first-order valence-electron chi connectivity index (χ1n) is 6.31. The SMILES string of the molecule is CC1CCN(C(=O)C2CNCCO2)C(C)C1. The third kappa shape index (κ3) is 2.55. The summed E-state index contributed by atoms with van der Waals surface area (Å²) in [4.78, 5) is 14.2. The van der Waals surface area contributed by atoms with Crippen LogP contribution in [0.3, 0.4) is 0 Å². The van der Waals surface area contributed by atoms with E-state index in [0.29, 0.717) is 19.2 Å². The lowest BCUT2D eigenvalue weighted by Crippen LogP contribution is -2.53. The fraction of sp³-hybridized carbons (Fsp3) is 0.917. The summed E-state index contributed by atoms with van der Waals surface area (Å²) in [6.07, 6.45) is 1.98. The number of ether oxygens (including phenoxy) is 1. The Hall–Kier alpha value is -0.610. The molecule has 0 saturated carbocycles. The van der Waals surface area contributed by atoms with E-state index in [0.717, 1.165) is 31.8 Å². The van der Waals surface area contributed by atoms with Crippen molar-refractivity contribution < 1.29 is 9.53 Å². The number of carbonyl (C=O) groups is 1. The summed E-state index contributed by atoms with van der Waals surface area (Å²) in [6, 6.07) is 0.363. The van der Waals surface area contributed by atoms with E-state index in [1.54, 1.807) is 0 Å². The average Bonchev–Trinajstić information content (AvgIpc) is 2.29. The van der Waals surface area contributed by atoms with Crippen LogP contribution in [0.2, 0.25) is 0 Å². The van der Waals surface area contributed by atoms with Crippen molar-refractivity contribution in [2.24, 2.45) is 5.92 Å². The molecule has 1 N–H and O–H groups in total. The normalized spacial score (nSPS) is 36.1. The van der Waals surface area contributed by atoms with E-state index in [-0.39, 0.29) is 12.0 Å². The molecule has 4 heteroatoms. The lowest BCUT2D eigenvalue weighted by atomic mass is 9.93. The van der Waals surface area contributed by atoms with Crippen LogP contribution in [0.5, 0.6) is 0 Å². The standard InChI is InChI=1S/C12H22N2O2/c1-9-3-5-14(10(2)7-9)12(15)11-8-13-4-6-16-11/h9-11,13H,3-8H2,1-2H3. The van der Waals surface area contributed by atoms with Crippen LogP contribution in [-0.4, -0.2) is 49.2 Å². The number of nitrogens with zero attached hydrogens (tertiary/aromatic N) is 1. The van der Waals surface area contributed by atoms with Gasteiger partial charge in [0.05, 0.1) is 6.61 Å². The number of piperidine rings is 1. The Bertz CT molecular complexity index is 251. The molecule has 0 aromatic carbocycles. The Morgan fingerprint density at radius 3 is 2.88 bits per heavy atom. The molecule has 0 aromatic rings. The minimum absolute atomic E-state index is 0.173. The zero-order valence-electron chi connectivity index (χ0n) is 10.2. The summed E-state index contributed by atoms with van der Waals surface area (Å²) in [5, 5.41) is 3.21. The molecule has 2 rings (SSSR count). The van der Waals surface area contributed by atoms with Gasteiger partial charge in [0.25, 0.3) is 5.91 Å². The Labute approximate surface area is 97.3 Å². The minimum Gasteiger partial charge on any atom is -0.366 e. The van der Waals surface area contributed by atoms with Crippen LogP contribution in [0.1, 0.15) is 26.7 Å². The Morgan fingerprint density at radius 2 is 2.25 bits per heavy atom. The molecule has 2 heterocycles. The highest BCUT2D eigenvalue weighted by molar-refractivity contribution is 5.81. The van der Waals surface area contributed by atoms with Crippen molar-refractivity contribution in [1.82, 2.24) is 10.2 Å². The second-order valence-corrected chi connectivity index (χ2v) is 5.07. The maximum absolute atomic E-state index is 12.2. The quantitative estimate of drug-likeness (QED) is 0.713. The molecule has 16 heavy (non-hydrogen) atoms. The van der Waals surface area contributed by atoms with Crippen molar-refractivity contribution in [2.45, 2.75) is 38.8 Å². The maximum Gasteiger partial charge on any atom is 0.253 e. The van der Waals surface area contributed by atoms with Gasteiger partial charge in [0.15, 0.2) is 0 Å². The van der Waals surface area contributed by atoms with E-state index in [9.17, 15) is 4.79 Å². The van der Waals surface area contributed by atoms with Gasteiger partial charge in [0.2, 0.25) is 0 Å². The number of nitrogens with one attached hydrogen (secondary N) is 1. The number of hydrogen-bond acceptors (Lipinski definition) is 3. The van der Waals surface area contributed by atoms with Gasteiger partial charge in [-0.05, 0) is 25.7 Å². The largest absolute Gasteiger partial charge is 0.366 e. The molecular formula is C12H22N2O2. The molecule has 4 nitrogen and oxygen atoms in total. The molecule has 3 atom stereocenters. The van der Waals surface area contributed by atoms with E-state index in [2.05, 4.69) is 19.2 Å². The van der Waals surface area contributed by atoms with Gasteiger partial charge < -0.3 is 15.0 Å². The third-order valence-electron chi connectivity index (χ3n) is 3.62. The molecule has 0 bridgehead atoms. The van der Waals surface area contributed by atoms with Crippen LogP contribution < -0.4 is 5.32 Å². The first-order chi connectivity index (χ1) is 7.68. The lowest BCUT2D eigenvalue weighted by molar-refractivity contribution is -0.149. The van der Waals surface area contributed by atoms with Crippen LogP contribution in [-0.2, 0) is 9.53 Å². The van der Waals surface area contributed by atoms with Gasteiger partial charge in [-0.2, -0.15) is 0 Å². The molecule has 2 fully saturated rings. The van der Waals surface area contributed by atoms with E-state index in [1.807, 2.05) is 4.90 Å². The van der Waals surface area contributed by atoms with E-state index >= 15 is 0 Å². The van der Waals surface area contributed by atoms with Crippen LogP contribution in [0.25, 0.3) is 0 Å². The Balaban J connectivity index is 1.92. The monoisotopic (exact) mass is 226 g/mol. The number of likely N-dealkylation sites (tertiary alicyclic amines) is 1.